The molecular weight excluding hydrogens is 356 g/mol. The van der Waals surface area contributed by atoms with Crippen LogP contribution in [-0.4, -0.2) is 46.0 Å². The van der Waals surface area contributed by atoms with E-state index in [1.807, 2.05) is 31.3 Å². The molecule has 0 spiro atoms. The minimum atomic E-state index is 0.466. The molecule has 0 aliphatic rings. The second-order valence-electron chi connectivity index (χ2n) is 6.19. The standard InChI is InChI=1S/C20H20N6O2/c1-13-24-19-17(25(13)12-15-6-5-9-28-15)10-14(11-23-19)16-7-8-26(22-3)18(16)20(21-2)27-4/h5-11H,3,12H2,1-2,4H3. The molecule has 28 heavy (non-hydrogen) atoms. The number of ether oxygens (including phenoxy) is 1. The van der Waals surface area contributed by atoms with Gasteiger partial charge in [-0.05, 0) is 31.2 Å². The second kappa shape index (κ2) is 7.15. The zero-order valence-electron chi connectivity index (χ0n) is 16.0. The van der Waals surface area contributed by atoms with Crippen molar-refractivity contribution in [3.63, 3.8) is 0 Å². The van der Waals surface area contributed by atoms with Crippen LogP contribution in [0.5, 0.6) is 0 Å². The van der Waals surface area contributed by atoms with E-state index in [0.717, 1.165) is 33.9 Å². The van der Waals surface area contributed by atoms with E-state index in [0.29, 0.717) is 18.1 Å². The van der Waals surface area contributed by atoms with Crippen molar-refractivity contribution < 1.29 is 9.15 Å². The smallest absolute Gasteiger partial charge is 0.235 e. The molecule has 0 unspecified atom stereocenters. The van der Waals surface area contributed by atoms with Crippen LogP contribution in [0.4, 0.5) is 0 Å². The van der Waals surface area contributed by atoms with Crippen LogP contribution in [0.2, 0.25) is 0 Å². The molecule has 0 aliphatic carbocycles. The van der Waals surface area contributed by atoms with Gasteiger partial charge < -0.3 is 13.7 Å². The third-order valence-corrected chi connectivity index (χ3v) is 4.62. The Morgan fingerprint density at radius 3 is 2.89 bits per heavy atom. The van der Waals surface area contributed by atoms with E-state index in [9.17, 15) is 0 Å². The fraction of sp³-hybridized carbons (Fsp3) is 0.200. The Labute approximate surface area is 161 Å². The van der Waals surface area contributed by atoms with Crippen molar-refractivity contribution in [3.05, 3.63) is 60.2 Å². The van der Waals surface area contributed by atoms with E-state index in [1.165, 1.54) is 0 Å². The minimum absolute atomic E-state index is 0.466. The summed E-state index contributed by atoms with van der Waals surface area (Å²) in [5, 5.41) is 4.02. The number of hydrogen-bond acceptors (Lipinski definition) is 6. The van der Waals surface area contributed by atoms with E-state index in [2.05, 4.69) is 37.4 Å². The largest absolute Gasteiger partial charge is 0.480 e. The summed E-state index contributed by atoms with van der Waals surface area (Å²) < 4.78 is 14.6. The van der Waals surface area contributed by atoms with Gasteiger partial charge in [-0.15, -0.1) is 0 Å². The number of hydrogen-bond donors (Lipinski definition) is 0. The molecule has 0 atom stereocenters. The Bertz CT molecular complexity index is 1170. The maximum Gasteiger partial charge on any atom is 0.235 e. The zero-order valence-corrected chi connectivity index (χ0v) is 16.0. The first kappa shape index (κ1) is 17.7. The van der Waals surface area contributed by atoms with E-state index in [4.69, 9.17) is 9.15 Å². The Balaban J connectivity index is 1.87. The molecule has 0 saturated carbocycles. The number of furan rings is 1. The van der Waals surface area contributed by atoms with Crippen LogP contribution in [0, 0.1) is 6.92 Å². The first-order valence-electron chi connectivity index (χ1n) is 8.71. The van der Waals surface area contributed by atoms with Crippen molar-refractivity contribution in [1.29, 1.82) is 0 Å². The molecule has 0 bridgehead atoms. The van der Waals surface area contributed by atoms with Crippen molar-refractivity contribution in [2.24, 2.45) is 10.1 Å². The second-order valence-corrected chi connectivity index (χ2v) is 6.19. The molecule has 0 saturated heterocycles. The molecule has 0 N–H and O–H groups in total. The predicted molar refractivity (Wildman–Crippen MR) is 108 cm³/mol. The summed E-state index contributed by atoms with van der Waals surface area (Å²) in [4.78, 5) is 13.3. The molecule has 0 fully saturated rings. The lowest BCUT2D eigenvalue weighted by Crippen LogP contribution is -2.10. The van der Waals surface area contributed by atoms with Crippen LogP contribution in [0.25, 0.3) is 22.3 Å². The highest BCUT2D eigenvalue weighted by molar-refractivity contribution is 6.00. The molecule has 8 nitrogen and oxygen atoms in total. The van der Waals surface area contributed by atoms with E-state index in [-0.39, 0.29) is 0 Å². The van der Waals surface area contributed by atoms with Gasteiger partial charge in [0.25, 0.3) is 0 Å². The molecule has 4 rings (SSSR count). The number of nitrogens with zero attached hydrogens (tertiary/aromatic N) is 6. The van der Waals surface area contributed by atoms with E-state index >= 15 is 0 Å². The van der Waals surface area contributed by atoms with Crippen LogP contribution < -0.4 is 0 Å². The van der Waals surface area contributed by atoms with Crippen LogP contribution in [-0.2, 0) is 11.3 Å². The molecule has 0 aliphatic heterocycles. The highest BCUT2D eigenvalue weighted by Gasteiger charge is 2.19. The third kappa shape index (κ3) is 2.88. The number of fused-ring (bicyclic) bond motifs is 1. The third-order valence-electron chi connectivity index (χ3n) is 4.62. The summed E-state index contributed by atoms with van der Waals surface area (Å²) in [5.74, 6) is 2.19. The van der Waals surface area contributed by atoms with Crippen molar-refractivity contribution in [2.75, 3.05) is 14.2 Å². The average Bonchev–Trinajstić information content (AvgIpc) is 3.43. The highest BCUT2D eigenvalue weighted by Crippen LogP contribution is 2.28. The summed E-state index contributed by atoms with van der Waals surface area (Å²) in [5.41, 5.74) is 4.13. The molecule has 0 aromatic carbocycles. The minimum Gasteiger partial charge on any atom is -0.480 e. The van der Waals surface area contributed by atoms with Gasteiger partial charge in [-0.2, -0.15) is 5.10 Å². The topological polar surface area (TPSA) is 82.7 Å². The van der Waals surface area contributed by atoms with Crippen LogP contribution in [0.15, 0.2) is 57.4 Å². The van der Waals surface area contributed by atoms with Crippen molar-refractivity contribution in [1.82, 2.24) is 19.2 Å². The summed E-state index contributed by atoms with van der Waals surface area (Å²) in [6, 6.07) is 7.82. The lowest BCUT2D eigenvalue weighted by Gasteiger charge is -2.10. The number of aliphatic imine (C=N–C) groups is 1. The van der Waals surface area contributed by atoms with Gasteiger partial charge in [-0.3, -0.25) is 4.99 Å². The molecule has 4 aromatic heterocycles. The van der Waals surface area contributed by atoms with Crippen molar-refractivity contribution in [2.45, 2.75) is 13.5 Å². The lowest BCUT2D eigenvalue weighted by atomic mass is 10.1. The monoisotopic (exact) mass is 376 g/mol. The van der Waals surface area contributed by atoms with Crippen molar-refractivity contribution in [3.8, 4) is 11.1 Å². The van der Waals surface area contributed by atoms with Gasteiger partial charge in [-0.25, -0.2) is 14.6 Å². The van der Waals surface area contributed by atoms with Crippen LogP contribution in [0.1, 0.15) is 17.3 Å². The number of rotatable bonds is 5. The van der Waals surface area contributed by atoms with Gasteiger partial charge in [0.05, 0.1) is 25.4 Å². The molecule has 142 valence electrons. The maximum atomic E-state index is 5.50. The average molecular weight is 376 g/mol. The first-order valence-corrected chi connectivity index (χ1v) is 8.71. The van der Waals surface area contributed by atoms with Gasteiger partial charge >= 0.3 is 0 Å². The molecule has 4 aromatic rings. The maximum absolute atomic E-state index is 5.50. The summed E-state index contributed by atoms with van der Waals surface area (Å²) in [6.07, 6.45) is 5.28. The van der Waals surface area contributed by atoms with Gasteiger partial charge in [0, 0.05) is 37.3 Å². The molecule has 0 amide bonds. The number of aromatic nitrogens is 4. The van der Waals surface area contributed by atoms with Crippen LogP contribution >= 0.6 is 0 Å². The number of imidazole rings is 1. The van der Waals surface area contributed by atoms with Crippen LogP contribution in [0.3, 0.4) is 0 Å². The fourth-order valence-electron chi connectivity index (χ4n) is 3.30. The zero-order chi connectivity index (χ0) is 19.7. The number of methoxy groups -OCH3 is 1. The Morgan fingerprint density at radius 1 is 1.36 bits per heavy atom. The quantitative estimate of drug-likeness (QED) is 0.395. The lowest BCUT2D eigenvalue weighted by molar-refractivity contribution is 0.401. The van der Waals surface area contributed by atoms with Gasteiger partial charge in [0.1, 0.15) is 17.3 Å². The number of pyridine rings is 1. The summed E-state index contributed by atoms with van der Waals surface area (Å²) in [6.45, 7) is 6.17. The van der Waals surface area contributed by atoms with Crippen molar-refractivity contribution >= 4 is 23.8 Å². The Kier molecular flexibility index (Phi) is 4.52. The number of aryl methyl sites for hydroxylation is 1. The Morgan fingerprint density at radius 2 is 2.21 bits per heavy atom. The fourth-order valence-corrected chi connectivity index (χ4v) is 3.30. The first-order chi connectivity index (χ1) is 13.7. The van der Waals surface area contributed by atoms with Gasteiger partial charge in [0.2, 0.25) is 5.90 Å². The normalized spacial score (nSPS) is 11.9. The van der Waals surface area contributed by atoms with Gasteiger partial charge in [0.15, 0.2) is 5.65 Å². The molecular formula is C20H20N6O2. The molecule has 0 radical (unpaired) electrons. The predicted octanol–water partition coefficient (Wildman–Crippen LogP) is 3.34. The van der Waals surface area contributed by atoms with Gasteiger partial charge in [-0.1, -0.05) is 0 Å². The summed E-state index contributed by atoms with van der Waals surface area (Å²) in [7, 11) is 3.25. The van der Waals surface area contributed by atoms with E-state index < -0.39 is 0 Å². The Hall–Kier alpha value is -3.68. The SMILES string of the molecule is C=Nn1ccc(-c2cnc3nc(C)n(Cc4ccco4)c3c2)c1C(=NC)OC. The van der Waals surface area contributed by atoms with E-state index in [1.54, 1.807) is 31.3 Å². The summed E-state index contributed by atoms with van der Waals surface area (Å²) >= 11 is 0. The molecule has 4 heterocycles. The highest BCUT2D eigenvalue weighted by atomic mass is 16.5. The molecule has 8 heteroatoms.